The van der Waals surface area contributed by atoms with E-state index < -0.39 is 18.2 Å². The lowest BCUT2D eigenvalue weighted by molar-refractivity contribution is -0.127. The smallest absolute Gasteiger partial charge is 0.325 e. The molecule has 7 nitrogen and oxygen atoms in total. The third kappa shape index (κ3) is 4.28. The molecule has 0 aromatic carbocycles. The number of nitrogens with one attached hydrogen (secondary N) is 1. The van der Waals surface area contributed by atoms with Crippen molar-refractivity contribution in [1.82, 2.24) is 15.1 Å². The number of likely N-dealkylation sites (N-methyl/N-ethyl adjacent to an activating group) is 1. The summed E-state index contributed by atoms with van der Waals surface area (Å²) in [6, 6.07) is -0.918. The molecule has 24 heavy (non-hydrogen) atoms. The first-order valence-electron chi connectivity index (χ1n) is 8.50. The van der Waals surface area contributed by atoms with Gasteiger partial charge in [-0.3, -0.25) is 14.9 Å². The van der Waals surface area contributed by atoms with Gasteiger partial charge in [-0.2, -0.15) is 0 Å². The van der Waals surface area contributed by atoms with Crippen molar-refractivity contribution >= 4 is 34.7 Å². The quantitative estimate of drug-likeness (QED) is 0.673. The number of Topliss-reactive ketones (excluding diaryl/α,β-unsaturated/α-hetero) is 1. The minimum absolute atomic E-state index is 0.0642. The van der Waals surface area contributed by atoms with Gasteiger partial charge in [0.2, 0.25) is 0 Å². The van der Waals surface area contributed by atoms with Crippen LogP contribution in [0, 0.1) is 0 Å². The highest BCUT2D eigenvalue weighted by Crippen LogP contribution is 2.28. The molecule has 0 aromatic heterocycles. The van der Waals surface area contributed by atoms with Gasteiger partial charge in [0, 0.05) is 13.6 Å². The number of thioether (sulfide) groups is 1. The lowest BCUT2D eigenvalue weighted by atomic mass is 10.1. The average molecular weight is 354 g/mol. The highest BCUT2D eigenvalue weighted by atomic mass is 32.2. The average Bonchev–Trinajstić information content (AvgIpc) is 2.90. The van der Waals surface area contributed by atoms with Crippen molar-refractivity contribution in [3.8, 4) is 0 Å². The largest absolute Gasteiger partial charge is 0.336 e. The Labute approximate surface area is 147 Å². The summed E-state index contributed by atoms with van der Waals surface area (Å²) in [5.41, 5.74) is 0. The van der Waals surface area contributed by atoms with Gasteiger partial charge in [0.25, 0.3) is 5.91 Å². The van der Waals surface area contributed by atoms with Gasteiger partial charge < -0.3 is 9.80 Å². The second-order valence-electron chi connectivity index (χ2n) is 6.27. The molecule has 1 N–H and O–H groups in total. The molecule has 0 aliphatic carbocycles. The van der Waals surface area contributed by atoms with E-state index in [9.17, 15) is 14.4 Å². The Bertz CT molecular complexity index is 537. The van der Waals surface area contributed by atoms with Crippen LogP contribution in [0.5, 0.6) is 0 Å². The highest BCUT2D eigenvalue weighted by molar-refractivity contribution is 8.14. The number of amides is 3. The Kier molecular flexibility index (Phi) is 6.65. The molecule has 0 radical (unpaired) electrons. The number of imide groups is 1. The van der Waals surface area contributed by atoms with Gasteiger partial charge in [-0.1, -0.05) is 44.4 Å². The Morgan fingerprint density at radius 2 is 1.96 bits per heavy atom. The van der Waals surface area contributed by atoms with E-state index in [1.54, 1.807) is 7.05 Å². The zero-order valence-electron chi connectivity index (χ0n) is 14.6. The number of hydrogen-bond acceptors (Lipinski definition) is 6. The van der Waals surface area contributed by atoms with E-state index in [0.717, 1.165) is 12.8 Å². The van der Waals surface area contributed by atoms with Crippen molar-refractivity contribution in [3.05, 3.63) is 0 Å². The van der Waals surface area contributed by atoms with Crippen LogP contribution in [-0.4, -0.2) is 64.2 Å². The molecule has 2 aliphatic rings. The van der Waals surface area contributed by atoms with Crippen molar-refractivity contribution in [3.63, 3.8) is 0 Å². The fourth-order valence-electron chi connectivity index (χ4n) is 2.91. The topological polar surface area (TPSA) is 82.1 Å². The van der Waals surface area contributed by atoms with Crippen molar-refractivity contribution in [1.29, 1.82) is 0 Å². The first-order valence-corrected chi connectivity index (χ1v) is 9.48. The van der Waals surface area contributed by atoms with Crippen LogP contribution in [-0.2, 0) is 9.59 Å². The second kappa shape index (κ2) is 8.50. The van der Waals surface area contributed by atoms with E-state index in [0.29, 0.717) is 17.5 Å². The van der Waals surface area contributed by atoms with Crippen LogP contribution >= 0.6 is 11.8 Å². The van der Waals surface area contributed by atoms with Crippen molar-refractivity contribution in [2.45, 2.75) is 58.2 Å². The van der Waals surface area contributed by atoms with Gasteiger partial charge in [0.15, 0.2) is 17.4 Å². The maximum atomic E-state index is 12.3. The Balaban J connectivity index is 2.07. The molecule has 0 bridgehead atoms. The van der Waals surface area contributed by atoms with Gasteiger partial charge in [0.1, 0.15) is 5.78 Å². The Morgan fingerprint density at radius 3 is 2.62 bits per heavy atom. The molecule has 2 aliphatic heterocycles. The number of rotatable bonds is 8. The van der Waals surface area contributed by atoms with Crippen molar-refractivity contribution in [2.75, 3.05) is 19.3 Å². The van der Waals surface area contributed by atoms with E-state index in [2.05, 4.69) is 17.2 Å². The molecular formula is C16H26N4O3S. The van der Waals surface area contributed by atoms with Crippen LogP contribution in [0.25, 0.3) is 0 Å². The molecular weight excluding hydrogens is 328 g/mol. The third-order valence-electron chi connectivity index (χ3n) is 4.23. The SMILES string of the molecule is CCCCCCCN1C(SCC(C)=O)=NC2C1C(=O)NC(=O)N2C. The summed E-state index contributed by atoms with van der Waals surface area (Å²) < 4.78 is 0. The normalized spacial score (nSPS) is 23.2. The number of unbranched alkanes of at least 4 members (excludes halogenated alkanes) is 4. The lowest BCUT2D eigenvalue weighted by Crippen LogP contribution is -2.63. The van der Waals surface area contributed by atoms with Crippen LogP contribution in [0.15, 0.2) is 4.99 Å². The monoisotopic (exact) mass is 354 g/mol. The predicted molar refractivity (Wildman–Crippen MR) is 94.9 cm³/mol. The lowest BCUT2D eigenvalue weighted by Gasteiger charge is -2.36. The first-order chi connectivity index (χ1) is 11.5. The molecule has 2 rings (SSSR count). The molecule has 8 heteroatoms. The zero-order valence-corrected chi connectivity index (χ0v) is 15.4. The maximum absolute atomic E-state index is 12.3. The highest BCUT2D eigenvalue weighted by Gasteiger charge is 2.48. The molecule has 2 heterocycles. The number of aliphatic imine (C=N–C) groups is 1. The van der Waals surface area contributed by atoms with E-state index in [-0.39, 0.29) is 11.7 Å². The van der Waals surface area contributed by atoms with Gasteiger partial charge in [0.05, 0.1) is 5.75 Å². The minimum atomic E-state index is -0.503. The molecule has 0 aromatic rings. The van der Waals surface area contributed by atoms with Crippen molar-refractivity contribution < 1.29 is 14.4 Å². The first kappa shape index (κ1) is 18.8. The van der Waals surface area contributed by atoms with Gasteiger partial charge in [-0.15, -0.1) is 0 Å². The number of fused-ring (bicyclic) bond motifs is 1. The Morgan fingerprint density at radius 1 is 1.25 bits per heavy atom. The zero-order chi connectivity index (χ0) is 17.7. The summed E-state index contributed by atoms with van der Waals surface area (Å²) >= 11 is 1.35. The maximum Gasteiger partial charge on any atom is 0.325 e. The van der Waals surface area contributed by atoms with Gasteiger partial charge in [-0.05, 0) is 13.3 Å². The number of nitrogens with zero attached hydrogens (tertiary/aromatic N) is 3. The van der Waals surface area contributed by atoms with Crippen LogP contribution in [0.1, 0.15) is 46.0 Å². The summed E-state index contributed by atoms with van der Waals surface area (Å²) in [5, 5.41) is 3.07. The number of amidine groups is 1. The Hall–Kier alpha value is -1.57. The molecule has 0 saturated carbocycles. The molecule has 0 spiro atoms. The predicted octanol–water partition coefficient (Wildman–Crippen LogP) is 1.83. The van der Waals surface area contributed by atoms with Crippen LogP contribution in [0.3, 0.4) is 0 Å². The summed E-state index contributed by atoms with van der Waals surface area (Å²) in [4.78, 5) is 43.4. The standard InChI is InChI=1S/C16H26N4O3S/c1-4-5-6-7-8-9-20-12-13(17-16(20)24-10-11(2)21)19(3)15(23)18-14(12)22/h12-13H,4-10H2,1-3H3,(H,18,22,23). The van der Waals surface area contributed by atoms with Gasteiger partial charge >= 0.3 is 6.03 Å². The third-order valence-corrected chi connectivity index (χ3v) is 5.38. The molecule has 2 atom stereocenters. The van der Waals surface area contributed by atoms with E-state index in [1.165, 1.54) is 42.8 Å². The molecule has 2 unspecified atom stereocenters. The fraction of sp³-hybridized carbons (Fsp3) is 0.750. The molecule has 1 fully saturated rings. The molecule has 134 valence electrons. The number of carbonyl (C=O) groups excluding carboxylic acids is 3. The van der Waals surface area contributed by atoms with Gasteiger partial charge in [-0.25, -0.2) is 9.79 Å². The van der Waals surface area contributed by atoms with Crippen LogP contribution in [0.2, 0.25) is 0 Å². The number of carbonyl (C=O) groups is 3. The number of urea groups is 1. The minimum Gasteiger partial charge on any atom is -0.336 e. The summed E-state index contributed by atoms with van der Waals surface area (Å²) in [6.07, 6.45) is 5.14. The van der Waals surface area contributed by atoms with Crippen molar-refractivity contribution in [2.24, 2.45) is 4.99 Å². The summed E-state index contributed by atoms with van der Waals surface area (Å²) in [7, 11) is 1.64. The second-order valence-corrected chi connectivity index (χ2v) is 7.22. The number of ketones is 1. The van der Waals surface area contributed by atoms with E-state index >= 15 is 0 Å². The number of hydrogen-bond donors (Lipinski definition) is 1. The summed E-state index contributed by atoms with van der Waals surface area (Å²) in [5.74, 6) is 0.0809. The molecule has 1 saturated heterocycles. The summed E-state index contributed by atoms with van der Waals surface area (Å²) in [6.45, 7) is 4.42. The van der Waals surface area contributed by atoms with E-state index in [4.69, 9.17) is 0 Å². The van der Waals surface area contributed by atoms with E-state index in [1.807, 2.05) is 4.90 Å². The van der Waals surface area contributed by atoms with Crippen LogP contribution in [0.4, 0.5) is 4.79 Å². The van der Waals surface area contributed by atoms with Crippen LogP contribution < -0.4 is 5.32 Å². The fourth-order valence-corrected chi connectivity index (χ4v) is 3.79. The molecule has 3 amide bonds.